The Morgan fingerprint density at radius 2 is 1.80 bits per heavy atom. The zero-order valence-electron chi connectivity index (χ0n) is 18.9. The molecule has 0 spiro atoms. The molecular formula is C25H36N4O. The van der Waals surface area contributed by atoms with Crippen molar-refractivity contribution < 1.29 is 4.79 Å². The summed E-state index contributed by atoms with van der Waals surface area (Å²) in [6, 6.07) is 10.6. The molecule has 2 heterocycles. The highest BCUT2D eigenvalue weighted by atomic mass is 16.2. The normalized spacial score (nSPS) is 14.6. The maximum atomic E-state index is 12.6. The smallest absolute Gasteiger partial charge is 0.222 e. The average Bonchev–Trinajstić information content (AvgIpc) is 3.02. The van der Waals surface area contributed by atoms with Crippen LogP contribution in [0.25, 0.3) is 0 Å². The fourth-order valence-corrected chi connectivity index (χ4v) is 4.24. The molecule has 0 bridgehead atoms. The number of amides is 1. The van der Waals surface area contributed by atoms with E-state index in [4.69, 9.17) is 9.97 Å². The molecule has 1 amide bonds. The van der Waals surface area contributed by atoms with Gasteiger partial charge in [-0.15, -0.1) is 0 Å². The Balaban J connectivity index is 1.79. The summed E-state index contributed by atoms with van der Waals surface area (Å²) in [5.41, 5.74) is 3.65. The third-order valence-electron chi connectivity index (χ3n) is 5.88. The van der Waals surface area contributed by atoms with E-state index in [2.05, 4.69) is 54.0 Å². The van der Waals surface area contributed by atoms with Crippen molar-refractivity contribution in [2.24, 2.45) is 0 Å². The second-order valence-corrected chi connectivity index (χ2v) is 8.21. The van der Waals surface area contributed by atoms with E-state index in [0.717, 1.165) is 82.0 Å². The number of rotatable bonds is 8. The fraction of sp³-hybridized carbons (Fsp3) is 0.560. The van der Waals surface area contributed by atoms with Gasteiger partial charge in [-0.2, -0.15) is 0 Å². The Labute approximate surface area is 181 Å². The molecule has 1 fully saturated rings. The first-order chi connectivity index (χ1) is 14.6. The van der Waals surface area contributed by atoms with Gasteiger partial charge in [0.05, 0.1) is 0 Å². The summed E-state index contributed by atoms with van der Waals surface area (Å²) in [7, 11) is 0. The number of aryl methyl sites for hydroxylation is 2. The third kappa shape index (κ3) is 5.80. The topological polar surface area (TPSA) is 49.3 Å². The molecule has 0 atom stereocenters. The molecule has 1 aromatic heterocycles. The summed E-state index contributed by atoms with van der Waals surface area (Å²) in [6.45, 7) is 9.71. The Morgan fingerprint density at radius 3 is 2.53 bits per heavy atom. The van der Waals surface area contributed by atoms with Gasteiger partial charge in [0.15, 0.2) is 0 Å². The highest BCUT2D eigenvalue weighted by Crippen LogP contribution is 2.26. The highest BCUT2D eigenvalue weighted by Gasteiger charge is 2.23. The van der Waals surface area contributed by atoms with Crippen molar-refractivity contribution >= 4 is 11.7 Å². The van der Waals surface area contributed by atoms with Crippen LogP contribution in [0.2, 0.25) is 0 Å². The van der Waals surface area contributed by atoms with Crippen molar-refractivity contribution in [2.75, 3.05) is 31.1 Å². The minimum atomic E-state index is 0.308. The van der Waals surface area contributed by atoms with Gasteiger partial charge in [0.1, 0.15) is 11.6 Å². The lowest BCUT2D eigenvalue weighted by Crippen LogP contribution is -2.35. The van der Waals surface area contributed by atoms with E-state index in [-0.39, 0.29) is 0 Å². The molecule has 1 saturated heterocycles. The van der Waals surface area contributed by atoms with Gasteiger partial charge in [0.2, 0.25) is 5.91 Å². The molecule has 1 aliphatic rings. The summed E-state index contributed by atoms with van der Waals surface area (Å²) in [5.74, 6) is 2.20. The Hall–Kier alpha value is -2.43. The number of benzene rings is 1. The second kappa shape index (κ2) is 11.1. The quantitative estimate of drug-likeness (QED) is 0.601. The predicted molar refractivity (Wildman–Crippen MR) is 123 cm³/mol. The molecule has 1 aliphatic heterocycles. The van der Waals surface area contributed by atoms with Crippen LogP contribution in [0.15, 0.2) is 30.3 Å². The molecule has 0 saturated carbocycles. The molecular weight excluding hydrogens is 372 g/mol. The lowest BCUT2D eigenvalue weighted by atomic mass is 10.0. The van der Waals surface area contributed by atoms with Crippen molar-refractivity contribution in [3.05, 3.63) is 53.0 Å². The highest BCUT2D eigenvalue weighted by molar-refractivity contribution is 5.76. The van der Waals surface area contributed by atoms with E-state index >= 15 is 0 Å². The minimum Gasteiger partial charge on any atom is -0.354 e. The molecule has 5 nitrogen and oxygen atoms in total. The number of carbonyl (C=O) groups is 1. The first-order valence-electron chi connectivity index (χ1n) is 11.5. The fourth-order valence-electron chi connectivity index (χ4n) is 4.24. The zero-order chi connectivity index (χ0) is 21.3. The number of unbranched alkanes of at least 4 members (excludes halogenated alkanes) is 2. The van der Waals surface area contributed by atoms with Gasteiger partial charge >= 0.3 is 0 Å². The van der Waals surface area contributed by atoms with Crippen LogP contribution in [0.1, 0.15) is 68.6 Å². The van der Waals surface area contributed by atoms with Crippen LogP contribution in [0.5, 0.6) is 0 Å². The SMILES string of the molecule is CCCCCC(=O)N1CCCN(c2nc(C)nc(CC)c2Cc2ccccc2)CC1. The van der Waals surface area contributed by atoms with Gasteiger partial charge in [-0.3, -0.25) is 4.79 Å². The number of nitrogens with zero attached hydrogens (tertiary/aromatic N) is 4. The summed E-state index contributed by atoms with van der Waals surface area (Å²) in [6.07, 6.45) is 6.69. The number of carbonyl (C=O) groups excluding carboxylic acids is 1. The van der Waals surface area contributed by atoms with Gasteiger partial charge in [0, 0.05) is 50.3 Å². The molecule has 162 valence electrons. The Kier molecular flexibility index (Phi) is 8.23. The third-order valence-corrected chi connectivity index (χ3v) is 5.88. The van der Waals surface area contributed by atoms with E-state index in [0.29, 0.717) is 12.3 Å². The lowest BCUT2D eigenvalue weighted by Gasteiger charge is -2.26. The molecule has 3 rings (SSSR count). The molecule has 0 N–H and O–H groups in total. The number of hydrogen-bond donors (Lipinski definition) is 0. The summed E-state index contributed by atoms with van der Waals surface area (Å²) in [4.78, 5) is 26.7. The molecule has 1 aromatic carbocycles. The van der Waals surface area contributed by atoms with Gasteiger partial charge in [-0.1, -0.05) is 57.0 Å². The first kappa shape index (κ1) is 22.3. The summed E-state index contributed by atoms with van der Waals surface area (Å²) in [5, 5.41) is 0. The maximum Gasteiger partial charge on any atom is 0.222 e. The van der Waals surface area contributed by atoms with Crippen molar-refractivity contribution in [1.82, 2.24) is 14.9 Å². The van der Waals surface area contributed by atoms with Gasteiger partial charge in [-0.25, -0.2) is 9.97 Å². The standard InChI is InChI=1S/C25H36N4O/c1-4-6-8-14-24(30)28-15-11-16-29(18-17-28)25-22(19-21-12-9-7-10-13-21)23(5-2)26-20(3)27-25/h7,9-10,12-13H,4-6,8,11,14-19H2,1-3H3. The zero-order valence-corrected chi connectivity index (χ0v) is 18.9. The molecule has 2 aromatic rings. The average molecular weight is 409 g/mol. The van der Waals surface area contributed by atoms with Crippen LogP contribution in [0.4, 0.5) is 5.82 Å². The van der Waals surface area contributed by atoms with E-state index < -0.39 is 0 Å². The van der Waals surface area contributed by atoms with E-state index in [1.165, 1.54) is 11.1 Å². The van der Waals surface area contributed by atoms with Crippen molar-refractivity contribution in [1.29, 1.82) is 0 Å². The lowest BCUT2D eigenvalue weighted by molar-refractivity contribution is -0.131. The summed E-state index contributed by atoms with van der Waals surface area (Å²) < 4.78 is 0. The van der Waals surface area contributed by atoms with Crippen LogP contribution in [0, 0.1) is 6.92 Å². The number of aromatic nitrogens is 2. The van der Waals surface area contributed by atoms with E-state index in [9.17, 15) is 4.79 Å². The maximum absolute atomic E-state index is 12.6. The monoisotopic (exact) mass is 408 g/mol. The Morgan fingerprint density at radius 1 is 1.00 bits per heavy atom. The molecule has 0 unspecified atom stereocenters. The van der Waals surface area contributed by atoms with Crippen LogP contribution in [0.3, 0.4) is 0 Å². The molecule has 0 radical (unpaired) electrons. The number of hydrogen-bond acceptors (Lipinski definition) is 4. The molecule has 0 aliphatic carbocycles. The Bertz CT molecular complexity index is 821. The van der Waals surface area contributed by atoms with E-state index in [1.807, 2.05) is 6.92 Å². The van der Waals surface area contributed by atoms with E-state index in [1.54, 1.807) is 0 Å². The van der Waals surface area contributed by atoms with Gasteiger partial charge in [-0.05, 0) is 31.7 Å². The van der Waals surface area contributed by atoms with Crippen LogP contribution < -0.4 is 4.90 Å². The molecule has 30 heavy (non-hydrogen) atoms. The van der Waals surface area contributed by atoms with Crippen LogP contribution >= 0.6 is 0 Å². The minimum absolute atomic E-state index is 0.308. The van der Waals surface area contributed by atoms with Gasteiger partial charge < -0.3 is 9.80 Å². The largest absolute Gasteiger partial charge is 0.354 e. The van der Waals surface area contributed by atoms with Gasteiger partial charge in [0.25, 0.3) is 0 Å². The first-order valence-corrected chi connectivity index (χ1v) is 11.5. The summed E-state index contributed by atoms with van der Waals surface area (Å²) >= 11 is 0. The van der Waals surface area contributed by atoms with Crippen LogP contribution in [-0.4, -0.2) is 47.0 Å². The second-order valence-electron chi connectivity index (χ2n) is 8.21. The molecule has 5 heteroatoms. The van der Waals surface area contributed by atoms with Crippen molar-refractivity contribution in [2.45, 2.75) is 65.7 Å². The van der Waals surface area contributed by atoms with Crippen molar-refractivity contribution in [3.63, 3.8) is 0 Å². The van der Waals surface area contributed by atoms with Crippen LogP contribution in [-0.2, 0) is 17.6 Å². The number of anilines is 1. The predicted octanol–water partition coefficient (Wildman–Crippen LogP) is 4.56. The van der Waals surface area contributed by atoms with Crippen molar-refractivity contribution in [3.8, 4) is 0 Å².